The molecule has 2 aromatic carbocycles. The largest absolute Gasteiger partial charge is 0.481 e. The summed E-state index contributed by atoms with van der Waals surface area (Å²) in [6, 6.07) is 15.9. The van der Waals surface area contributed by atoms with E-state index >= 15 is 0 Å². The summed E-state index contributed by atoms with van der Waals surface area (Å²) in [6.07, 6.45) is 4.93. The van der Waals surface area contributed by atoms with Crippen molar-refractivity contribution in [1.82, 2.24) is 14.8 Å². The Morgan fingerprint density at radius 3 is 2.39 bits per heavy atom. The first-order chi connectivity index (χ1) is 17.1. The standard InChI is InChI=1S/C25H25ClN4O.C3H6O2/c1-15(2)10-24(18-5-9-23(25(27)31)28-13-18)30-14-19-12-17(4-8-22(19)29-30)21-7-6-20(26)11-16(21)3;1-2-3(4)5/h4-9,11-15,24H,10H2,1-3H3,(H2,27,31);2H2,1H3,(H,4,5). The van der Waals surface area contributed by atoms with Crippen molar-refractivity contribution in [3.8, 4) is 11.1 Å². The van der Waals surface area contributed by atoms with Gasteiger partial charge in [-0.05, 0) is 71.8 Å². The molecule has 4 aromatic rings. The molecule has 2 aromatic heterocycles. The summed E-state index contributed by atoms with van der Waals surface area (Å²) in [5.41, 5.74) is 11.0. The number of carbonyl (C=O) groups is 2. The average Bonchev–Trinajstić information content (AvgIpc) is 3.26. The van der Waals surface area contributed by atoms with E-state index in [1.807, 2.05) is 22.9 Å². The predicted octanol–water partition coefficient (Wildman–Crippen LogP) is 6.28. The van der Waals surface area contributed by atoms with Crippen molar-refractivity contribution < 1.29 is 14.7 Å². The topological polar surface area (TPSA) is 111 Å². The van der Waals surface area contributed by atoms with Crippen LogP contribution in [0.5, 0.6) is 0 Å². The number of amides is 1. The van der Waals surface area contributed by atoms with Gasteiger partial charge in [-0.25, -0.2) is 0 Å². The van der Waals surface area contributed by atoms with Crippen molar-refractivity contribution >= 4 is 34.4 Å². The van der Waals surface area contributed by atoms with Crippen molar-refractivity contribution in [3.05, 3.63) is 82.8 Å². The first-order valence-corrected chi connectivity index (χ1v) is 12.2. The van der Waals surface area contributed by atoms with Gasteiger partial charge in [-0.15, -0.1) is 0 Å². The number of benzene rings is 2. The molecule has 0 saturated heterocycles. The molecule has 2 heterocycles. The predicted molar refractivity (Wildman–Crippen MR) is 143 cm³/mol. The van der Waals surface area contributed by atoms with Crippen LogP contribution in [0.2, 0.25) is 5.02 Å². The van der Waals surface area contributed by atoms with Gasteiger partial charge < -0.3 is 10.8 Å². The third kappa shape index (κ3) is 6.70. The highest BCUT2D eigenvalue weighted by Gasteiger charge is 2.19. The lowest BCUT2D eigenvalue weighted by molar-refractivity contribution is -0.136. The lowest BCUT2D eigenvalue weighted by Crippen LogP contribution is -2.16. The number of nitrogens with two attached hydrogens (primary N) is 1. The van der Waals surface area contributed by atoms with E-state index < -0.39 is 11.9 Å². The second-order valence-electron chi connectivity index (χ2n) is 9.08. The van der Waals surface area contributed by atoms with E-state index in [4.69, 9.17) is 27.5 Å². The van der Waals surface area contributed by atoms with Gasteiger partial charge in [0.25, 0.3) is 5.91 Å². The van der Waals surface area contributed by atoms with Gasteiger partial charge in [0.1, 0.15) is 5.69 Å². The Morgan fingerprint density at radius 2 is 1.83 bits per heavy atom. The van der Waals surface area contributed by atoms with E-state index in [0.29, 0.717) is 5.92 Å². The van der Waals surface area contributed by atoms with Crippen LogP contribution in [-0.2, 0) is 4.79 Å². The maximum absolute atomic E-state index is 11.4. The zero-order chi connectivity index (χ0) is 26.4. The van der Waals surface area contributed by atoms with Crippen LogP contribution in [0.3, 0.4) is 0 Å². The number of carboxylic acids is 1. The molecule has 188 valence electrons. The lowest BCUT2D eigenvalue weighted by Gasteiger charge is -2.20. The van der Waals surface area contributed by atoms with Gasteiger partial charge in [-0.1, -0.05) is 50.6 Å². The number of nitrogens with zero attached hydrogens (tertiary/aromatic N) is 3. The van der Waals surface area contributed by atoms with Crippen molar-refractivity contribution in [1.29, 1.82) is 0 Å². The van der Waals surface area contributed by atoms with Crippen LogP contribution in [-0.4, -0.2) is 31.7 Å². The normalized spacial score (nSPS) is 11.7. The molecule has 4 rings (SSSR count). The summed E-state index contributed by atoms with van der Waals surface area (Å²) in [4.78, 5) is 25.0. The highest BCUT2D eigenvalue weighted by molar-refractivity contribution is 6.30. The van der Waals surface area contributed by atoms with E-state index in [1.165, 1.54) is 0 Å². The number of carbonyl (C=O) groups excluding carboxylic acids is 1. The molecule has 0 aliphatic carbocycles. The fraction of sp³-hybridized carbons (Fsp3) is 0.286. The zero-order valence-corrected chi connectivity index (χ0v) is 21.7. The molecular formula is C28H31ClN4O3. The molecule has 1 unspecified atom stereocenters. The van der Waals surface area contributed by atoms with E-state index in [-0.39, 0.29) is 18.2 Å². The molecule has 0 aliphatic heterocycles. The maximum atomic E-state index is 11.4. The molecule has 7 nitrogen and oxygen atoms in total. The van der Waals surface area contributed by atoms with Gasteiger partial charge in [0.2, 0.25) is 0 Å². The van der Waals surface area contributed by atoms with Gasteiger partial charge in [-0.2, -0.15) is 5.10 Å². The number of halogens is 1. The van der Waals surface area contributed by atoms with Crippen LogP contribution in [0.1, 0.15) is 61.3 Å². The number of hydrogen-bond donors (Lipinski definition) is 2. The minimum Gasteiger partial charge on any atom is -0.481 e. The van der Waals surface area contributed by atoms with Crippen LogP contribution in [0, 0.1) is 12.8 Å². The first kappa shape index (κ1) is 26.9. The molecule has 0 saturated carbocycles. The second-order valence-corrected chi connectivity index (χ2v) is 9.51. The van der Waals surface area contributed by atoms with Crippen LogP contribution in [0.4, 0.5) is 0 Å². The van der Waals surface area contributed by atoms with Crippen LogP contribution in [0.25, 0.3) is 22.0 Å². The number of hydrogen-bond acceptors (Lipinski definition) is 4. The van der Waals surface area contributed by atoms with E-state index in [9.17, 15) is 9.59 Å². The van der Waals surface area contributed by atoms with Gasteiger partial charge in [0.15, 0.2) is 0 Å². The summed E-state index contributed by atoms with van der Waals surface area (Å²) < 4.78 is 2.00. The van der Waals surface area contributed by atoms with Crippen molar-refractivity contribution in [3.63, 3.8) is 0 Å². The Kier molecular flexibility index (Phi) is 8.83. The highest BCUT2D eigenvalue weighted by Crippen LogP contribution is 2.31. The van der Waals surface area contributed by atoms with Crippen molar-refractivity contribution in [2.75, 3.05) is 0 Å². The number of aromatic nitrogens is 3. The van der Waals surface area contributed by atoms with Gasteiger partial charge in [-0.3, -0.25) is 19.3 Å². The lowest BCUT2D eigenvalue weighted by atomic mass is 9.98. The van der Waals surface area contributed by atoms with Gasteiger partial charge >= 0.3 is 5.97 Å². The molecule has 1 atom stereocenters. The second kappa shape index (κ2) is 11.8. The Balaban J connectivity index is 0.000000658. The summed E-state index contributed by atoms with van der Waals surface area (Å²) >= 11 is 6.12. The Labute approximate surface area is 215 Å². The van der Waals surface area contributed by atoms with E-state index in [2.05, 4.69) is 56.2 Å². The van der Waals surface area contributed by atoms with E-state index in [0.717, 1.165) is 44.6 Å². The number of rotatable bonds is 7. The molecule has 0 spiro atoms. The maximum Gasteiger partial charge on any atom is 0.303 e. The minimum atomic E-state index is -0.745. The molecule has 3 N–H and O–H groups in total. The number of primary amides is 1. The average molecular weight is 507 g/mol. The zero-order valence-electron chi connectivity index (χ0n) is 20.9. The summed E-state index contributed by atoms with van der Waals surface area (Å²) in [6.45, 7) is 8.03. The number of aliphatic carboxylic acids is 1. The molecule has 0 fully saturated rings. The van der Waals surface area contributed by atoms with Crippen molar-refractivity contribution in [2.45, 2.75) is 46.6 Å². The number of carboxylic acid groups (broad SMARTS) is 1. The Morgan fingerprint density at radius 1 is 1.11 bits per heavy atom. The number of aryl methyl sites for hydroxylation is 1. The smallest absolute Gasteiger partial charge is 0.303 e. The van der Waals surface area contributed by atoms with Crippen molar-refractivity contribution in [2.24, 2.45) is 11.7 Å². The minimum absolute atomic E-state index is 0.0162. The summed E-state index contributed by atoms with van der Waals surface area (Å²) in [7, 11) is 0. The molecule has 36 heavy (non-hydrogen) atoms. The Bertz CT molecular complexity index is 1360. The molecule has 0 aliphatic rings. The summed E-state index contributed by atoms with van der Waals surface area (Å²) in [5, 5.41) is 14.4. The quantitative estimate of drug-likeness (QED) is 0.306. The Hall–Kier alpha value is -3.71. The van der Waals surface area contributed by atoms with Crippen LogP contribution < -0.4 is 5.73 Å². The van der Waals surface area contributed by atoms with Crippen LogP contribution >= 0.6 is 11.6 Å². The van der Waals surface area contributed by atoms with Gasteiger partial charge in [0.05, 0.1) is 11.6 Å². The summed E-state index contributed by atoms with van der Waals surface area (Å²) in [5.74, 6) is -0.813. The molecular weight excluding hydrogens is 476 g/mol. The highest BCUT2D eigenvalue weighted by atomic mass is 35.5. The fourth-order valence-corrected chi connectivity index (χ4v) is 4.14. The fourth-order valence-electron chi connectivity index (χ4n) is 3.91. The van der Waals surface area contributed by atoms with Gasteiger partial charge in [0, 0.05) is 29.2 Å². The third-order valence-electron chi connectivity index (χ3n) is 5.76. The van der Waals surface area contributed by atoms with E-state index in [1.54, 1.807) is 19.2 Å². The molecule has 0 bridgehead atoms. The molecule has 1 amide bonds. The number of fused-ring (bicyclic) bond motifs is 1. The third-order valence-corrected chi connectivity index (χ3v) is 6.00. The number of pyridine rings is 1. The first-order valence-electron chi connectivity index (χ1n) is 11.8. The van der Waals surface area contributed by atoms with Crippen LogP contribution in [0.15, 0.2) is 60.9 Å². The molecule has 0 radical (unpaired) electrons. The monoisotopic (exact) mass is 506 g/mol. The molecule has 8 heteroatoms. The SMILES string of the molecule is CCC(=O)O.Cc1cc(Cl)ccc1-c1ccc2nn(C(CC(C)C)c3ccc(C(N)=O)nc3)cc2c1.